The van der Waals surface area contributed by atoms with Crippen LogP contribution in [0.25, 0.3) is 0 Å². The molecule has 2 aliphatic heterocycles. The second kappa shape index (κ2) is 6.60. The van der Waals surface area contributed by atoms with E-state index in [1.165, 1.54) is 4.90 Å². The smallest absolute Gasteiger partial charge is 0.311 e. The third kappa shape index (κ3) is 2.99. The molecule has 1 aromatic rings. The number of hydrogen-bond donors (Lipinski definition) is 2. The maximum atomic E-state index is 12.4. The SMILES string of the molecule is O=C(NCC(=O)N1C[C@H]2COCC[C@@]2(C(=O)O)C1)c1ccccc1. The minimum absolute atomic E-state index is 0.142. The van der Waals surface area contributed by atoms with Crippen molar-refractivity contribution in [3.05, 3.63) is 35.9 Å². The minimum Gasteiger partial charge on any atom is -0.481 e. The summed E-state index contributed by atoms with van der Waals surface area (Å²) >= 11 is 0. The van der Waals surface area contributed by atoms with E-state index in [9.17, 15) is 19.5 Å². The van der Waals surface area contributed by atoms with Crippen molar-refractivity contribution in [3.8, 4) is 0 Å². The van der Waals surface area contributed by atoms with Crippen molar-refractivity contribution < 1.29 is 24.2 Å². The molecule has 2 fully saturated rings. The van der Waals surface area contributed by atoms with Crippen LogP contribution in [0.4, 0.5) is 0 Å². The Labute approximate surface area is 139 Å². The van der Waals surface area contributed by atoms with Gasteiger partial charge in [-0.25, -0.2) is 0 Å². The lowest BCUT2D eigenvalue weighted by Crippen LogP contribution is -2.45. The van der Waals surface area contributed by atoms with Gasteiger partial charge in [0.1, 0.15) is 0 Å². The number of hydrogen-bond acceptors (Lipinski definition) is 4. The highest BCUT2D eigenvalue weighted by molar-refractivity contribution is 5.96. The normalized spacial score (nSPS) is 25.8. The van der Waals surface area contributed by atoms with Gasteiger partial charge in [-0.3, -0.25) is 14.4 Å². The van der Waals surface area contributed by atoms with E-state index in [-0.39, 0.29) is 30.8 Å². The van der Waals surface area contributed by atoms with Gasteiger partial charge < -0.3 is 20.1 Å². The van der Waals surface area contributed by atoms with Gasteiger partial charge >= 0.3 is 5.97 Å². The van der Waals surface area contributed by atoms with Crippen LogP contribution in [0.15, 0.2) is 30.3 Å². The maximum Gasteiger partial charge on any atom is 0.311 e. The molecule has 2 atom stereocenters. The summed E-state index contributed by atoms with van der Waals surface area (Å²) in [6, 6.07) is 8.64. The fraction of sp³-hybridized carbons (Fsp3) is 0.471. The van der Waals surface area contributed by atoms with E-state index in [0.29, 0.717) is 31.7 Å². The van der Waals surface area contributed by atoms with Crippen LogP contribution in [0.1, 0.15) is 16.8 Å². The lowest BCUT2D eigenvalue weighted by atomic mass is 9.74. The Morgan fingerprint density at radius 3 is 2.71 bits per heavy atom. The molecular formula is C17H20N2O5. The summed E-state index contributed by atoms with van der Waals surface area (Å²) in [4.78, 5) is 37.6. The van der Waals surface area contributed by atoms with Gasteiger partial charge in [0.15, 0.2) is 0 Å². The lowest BCUT2D eigenvalue weighted by Gasteiger charge is -2.33. The molecule has 0 aromatic heterocycles. The van der Waals surface area contributed by atoms with Crippen molar-refractivity contribution in [3.63, 3.8) is 0 Å². The van der Waals surface area contributed by atoms with Crippen molar-refractivity contribution >= 4 is 17.8 Å². The van der Waals surface area contributed by atoms with Crippen LogP contribution >= 0.6 is 0 Å². The van der Waals surface area contributed by atoms with Crippen molar-refractivity contribution in [1.29, 1.82) is 0 Å². The maximum absolute atomic E-state index is 12.4. The Bertz CT molecular complexity index is 648. The summed E-state index contributed by atoms with van der Waals surface area (Å²) in [6.45, 7) is 1.14. The largest absolute Gasteiger partial charge is 0.481 e. The summed E-state index contributed by atoms with van der Waals surface area (Å²) in [5.41, 5.74) is -0.437. The summed E-state index contributed by atoms with van der Waals surface area (Å²) in [6.07, 6.45) is 0.410. The van der Waals surface area contributed by atoms with Crippen molar-refractivity contribution in [1.82, 2.24) is 10.2 Å². The molecule has 0 bridgehead atoms. The van der Waals surface area contributed by atoms with E-state index in [4.69, 9.17) is 4.74 Å². The van der Waals surface area contributed by atoms with Crippen LogP contribution in [0.3, 0.4) is 0 Å². The first-order valence-corrected chi connectivity index (χ1v) is 7.95. The Morgan fingerprint density at radius 2 is 2.04 bits per heavy atom. The predicted octanol–water partition coefficient (Wildman–Crippen LogP) is 0.366. The molecule has 2 amide bonds. The predicted molar refractivity (Wildman–Crippen MR) is 84.4 cm³/mol. The summed E-state index contributed by atoms with van der Waals surface area (Å²) in [5, 5.41) is 12.2. The number of benzene rings is 1. The average molecular weight is 332 g/mol. The number of likely N-dealkylation sites (tertiary alicyclic amines) is 1. The molecule has 2 saturated heterocycles. The van der Waals surface area contributed by atoms with Crippen molar-refractivity contribution in [2.45, 2.75) is 6.42 Å². The van der Waals surface area contributed by atoms with Crippen LogP contribution < -0.4 is 5.32 Å². The summed E-state index contributed by atoms with van der Waals surface area (Å²) in [7, 11) is 0. The molecule has 0 aliphatic carbocycles. The van der Waals surface area contributed by atoms with Crippen LogP contribution in [0.5, 0.6) is 0 Å². The molecule has 0 saturated carbocycles. The number of carbonyl (C=O) groups excluding carboxylic acids is 2. The second-order valence-corrected chi connectivity index (χ2v) is 6.31. The first-order valence-electron chi connectivity index (χ1n) is 7.95. The van der Waals surface area contributed by atoms with E-state index < -0.39 is 11.4 Å². The molecule has 1 aromatic carbocycles. The van der Waals surface area contributed by atoms with Crippen molar-refractivity contribution in [2.75, 3.05) is 32.8 Å². The van der Waals surface area contributed by atoms with Gasteiger partial charge in [0.2, 0.25) is 5.91 Å². The van der Waals surface area contributed by atoms with E-state index >= 15 is 0 Å². The van der Waals surface area contributed by atoms with Gasteiger partial charge in [0.25, 0.3) is 5.91 Å². The number of nitrogens with one attached hydrogen (secondary N) is 1. The molecule has 24 heavy (non-hydrogen) atoms. The zero-order valence-electron chi connectivity index (χ0n) is 13.2. The Morgan fingerprint density at radius 1 is 1.29 bits per heavy atom. The molecule has 0 unspecified atom stereocenters. The van der Waals surface area contributed by atoms with Crippen LogP contribution in [-0.2, 0) is 14.3 Å². The number of aliphatic carboxylic acids is 1. The third-order valence-corrected chi connectivity index (χ3v) is 4.92. The van der Waals surface area contributed by atoms with Crippen LogP contribution in [-0.4, -0.2) is 60.6 Å². The Kier molecular flexibility index (Phi) is 4.53. The fourth-order valence-electron chi connectivity index (χ4n) is 3.45. The van der Waals surface area contributed by atoms with Gasteiger partial charge in [-0.1, -0.05) is 18.2 Å². The van der Waals surface area contributed by atoms with Gasteiger partial charge in [-0.15, -0.1) is 0 Å². The first kappa shape index (κ1) is 16.4. The molecule has 2 aliphatic rings. The quantitative estimate of drug-likeness (QED) is 0.830. The molecule has 0 radical (unpaired) electrons. The van der Waals surface area contributed by atoms with Crippen LogP contribution in [0.2, 0.25) is 0 Å². The van der Waals surface area contributed by atoms with Crippen LogP contribution in [0, 0.1) is 11.3 Å². The van der Waals surface area contributed by atoms with Gasteiger partial charge in [0.05, 0.1) is 18.6 Å². The van der Waals surface area contributed by atoms with E-state index in [1.54, 1.807) is 30.3 Å². The third-order valence-electron chi connectivity index (χ3n) is 4.92. The van der Waals surface area contributed by atoms with Gasteiger partial charge in [-0.05, 0) is 18.6 Å². The van der Waals surface area contributed by atoms with Gasteiger partial charge in [-0.2, -0.15) is 0 Å². The fourth-order valence-corrected chi connectivity index (χ4v) is 3.45. The number of ether oxygens (including phenoxy) is 1. The number of rotatable bonds is 4. The van der Waals surface area contributed by atoms with E-state index in [2.05, 4.69) is 5.32 Å². The molecular weight excluding hydrogens is 312 g/mol. The topological polar surface area (TPSA) is 95.9 Å². The number of carbonyl (C=O) groups is 3. The summed E-state index contributed by atoms with van der Waals surface area (Å²) < 4.78 is 5.37. The van der Waals surface area contributed by atoms with E-state index in [1.807, 2.05) is 0 Å². The number of nitrogens with zero attached hydrogens (tertiary/aromatic N) is 1. The van der Waals surface area contributed by atoms with E-state index in [0.717, 1.165) is 0 Å². The molecule has 7 nitrogen and oxygen atoms in total. The average Bonchev–Trinajstić information content (AvgIpc) is 3.01. The Hall–Kier alpha value is -2.41. The zero-order valence-corrected chi connectivity index (χ0v) is 13.2. The monoisotopic (exact) mass is 332 g/mol. The van der Waals surface area contributed by atoms with Crippen molar-refractivity contribution in [2.24, 2.45) is 11.3 Å². The molecule has 7 heteroatoms. The molecule has 128 valence electrons. The highest BCUT2D eigenvalue weighted by Gasteiger charge is 2.54. The highest BCUT2D eigenvalue weighted by atomic mass is 16.5. The first-order chi connectivity index (χ1) is 11.5. The molecule has 3 rings (SSSR count). The number of carboxylic acid groups (broad SMARTS) is 1. The second-order valence-electron chi connectivity index (χ2n) is 6.31. The highest BCUT2D eigenvalue weighted by Crippen LogP contribution is 2.42. The Balaban J connectivity index is 1.60. The number of fused-ring (bicyclic) bond motifs is 1. The minimum atomic E-state index is -0.919. The lowest BCUT2D eigenvalue weighted by molar-refractivity contribution is -0.157. The molecule has 2 heterocycles. The number of carboxylic acids is 1. The molecule has 0 spiro atoms. The van der Waals surface area contributed by atoms with Gasteiger partial charge in [0, 0.05) is 31.2 Å². The zero-order chi connectivity index (χ0) is 17.2. The standard InChI is InChI=1S/C17H20N2O5/c20-14(8-18-15(21)12-4-2-1-3-5-12)19-9-13-10-24-7-6-17(13,11-19)16(22)23/h1-5,13H,6-11H2,(H,18,21)(H,22,23)/t13-,17+/m0/s1. The summed E-state index contributed by atoms with van der Waals surface area (Å²) in [5.74, 6) is -1.66. The number of amides is 2. The molecule has 2 N–H and O–H groups in total.